The van der Waals surface area contributed by atoms with E-state index < -0.39 is 0 Å². The summed E-state index contributed by atoms with van der Waals surface area (Å²) in [5, 5.41) is 5.77. The molecule has 1 aromatic heterocycles. The number of aromatic nitrogens is 2. The number of piperazine rings is 1. The zero-order chi connectivity index (χ0) is 23.3. The molecular weight excluding hydrogens is 424 g/mol. The number of fused-ring (bicyclic) bond motifs is 1. The number of hydrogen-bond acceptors (Lipinski definition) is 3. The van der Waals surface area contributed by atoms with E-state index in [0.717, 1.165) is 41.8 Å². The second-order valence-corrected chi connectivity index (χ2v) is 10.6. The molecule has 2 amide bonds. The Kier molecular flexibility index (Phi) is 5.19. The Hall–Kier alpha value is -3.15. The molecule has 2 aromatic carbocycles. The third-order valence-electron chi connectivity index (χ3n) is 8.13. The molecular formula is C28H32N4O2. The lowest BCUT2D eigenvalue weighted by molar-refractivity contribution is -0.137. The highest BCUT2D eigenvalue weighted by Gasteiger charge is 2.47. The maximum atomic E-state index is 13.0. The first-order chi connectivity index (χ1) is 16.5. The molecule has 1 aliphatic heterocycles. The highest BCUT2D eigenvalue weighted by Crippen LogP contribution is 2.46. The normalized spacial score (nSPS) is 19.8. The van der Waals surface area contributed by atoms with Crippen LogP contribution in [-0.4, -0.2) is 57.6 Å². The summed E-state index contributed by atoms with van der Waals surface area (Å²) < 4.78 is 2.14. The van der Waals surface area contributed by atoms with Crippen molar-refractivity contribution in [1.82, 2.24) is 19.6 Å². The van der Waals surface area contributed by atoms with Crippen molar-refractivity contribution in [2.75, 3.05) is 26.2 Å². The lowest BCUT2D eigenvalue weighted by atomic mass is 9.85. The van der Waals surface area contributed by atoms with Crippen LogP contribution >= 0.6 is 0 Å². The quantitative estimate of drug-likeness (QED) is 0.564. The lowest BCUT2D eigenvalue weighted by Gasteiger charge is -2.36. The first kappa shape index (κ1) is 21.4. The van der Waals surface area contributed by atoms with Gasteiger partial charge in [-0.25, -0.2) is 0 Å². The maximum Gasteiger partial charge on any atom is 0.253 e. The standard InChI is InChI=1S/C28H32N4O2/c1-28(11-12-28)27(34)31-15-13-30(14-16-31)26(33)22-7-5-21(6-8-22)23-9-10-25-24(17-23)18-29-32(25)19-20-3-2-4-20/h5-10,17-18,20H,2-4,11-16,19H2,1H3. The van der Waals surface area contributed by atoms with E-state index in [1.54, 1.807) is 0 Å². The fraction of sp³-hybridized carbons (Fsp3) is 0.464. The molecule has 6 nitrogen and oxygen atoms in total. The molecule has 0 unspecified atom stereocenters. The molecule has 0 bridgehead atoms. The van der Waals surface area contributed by atoms with E-state index >= 15 is 0 Å². The summed E-state index contributed by atoms with van der Waals surface area (Å²) in [6.07, 6.45) is 7.93. The summed E-state index contributed by atoms with van der Waals surface area (Å²) in [6, 6.07) is 14.4. The van der Waals surface area contributed by atoms with Gasteiger partial charge in [-0.1, -0.05) is 31.5 Å². The molecule has 0 N–H and O–H groups in total. The number of nitrogens with zero attached hydrogens (tertiary/aromatic N) is 4. The molecule has 0 spiro atoms. The Morgan fingerprint density at radius 3 is 2.26 bits per heavy atom. The average molecular weight is 457 g/mol. The Labute approximate surface area is 200 Å². The summed E-state index contributed by atoms with van der Waals surface area (Å²) in [5.74, 6) is 1.08. The minimum absolute atomic E-state index is 0.0454. The van der Waals surface area contributed by atoms with Crippen molar-refractivity contribution in [3.63, 3.8) is 0 Å². The van der Waals surface area contributed by atoms with Gasteiger partial charge in [0.25, 0.3) is 5.91 Å². The first-order valence-electron chi connectivity index (χ1n) is 12.6. The van der Waals surface area contributed by atoms with E-state index in [9.17, 15) is 9.59 Å². The van der Waals surface area contributed by atoms with Crippen molar-refractivity contribution < 1.29 is 9.59 Å². The van der Waals surface area contributed by atoms with Crippen LogP contribution in [0.5, 0.6) is 0 Å². The predicted octanol–water partition coefficient (Wildman–Crippen LogP) is 4.59. The van der Waals surface area contributed by atoms with E-state index in [4.69, 9.17) is 0 Å². The number of amides is 2. The molecule has 1 saturated heterocycles. The Bertz CT molecular complexity index is 1230. The van der Waals surface area contributed by atoms with Crippen LogP contribution in [0, 0.1) is 11.3 Å². The SMILES string of the molecule is CC1(C(=O)N2CCN(C(=O)c3ccc(-c4ccc5c(cnn5CC5CCC5)c4)cc3)CC2)CC1. The van der Waals surface area contributed by atoms with Gasteiger partial charge in [0, 0.05) is 49.1 Å². The van der Waals surface area contributed by atoms with Crippen LogP contribution in [0.3, 0.4) is 0 Å². The van der Waals surface area contributed by atoms with Crippen LogP contribution in [0.4, 0.5) is 0 Å². The van der Waals surface area contributed by atoms with Gasteiger partial charge in [-0.15, -0.1) is 0 Å². The summed E-state index contributed by atoms with van der Waals surface area (Å²) in [7, 11) is 0. The summed E-state index contributed by atoms with van der Waals surface area (Å²) >= 11 is 0. The van der Waals surface area contributed by atoms with Crippen LogP contribution in [0.1, 0.15) is 49.4 Å². The molecule has 176 valence electrons. The van der Waals surface area contributed by atoms with Crippen LogP contribution in [-0.2, 0) is 11.3 Å². The number of carbonyl (C=O) groups is 2. The van der Waals surface area contributed by atoms with Crippen molar-refractivity contribution in [2.45, 2.75) is 45.6 Å². The van der Waals surface area contributed by atoms with Crippen LogP contribution in [0.2, 0.25) is 0 Å². The van der Waals surface area contributed by atoms with Crippen molar-refractivity contribution in [3.05, 3.63) is 54.2 Å². The van der Waals surface area contributed by atoms with Gasteiger partial charge in [0.15, 0.2) is 0 Å². The van der Waals surface area contributed by atoms with Crippen LogP contribution < -0.4 is 0 Å². The first-order valence-corrected chi connectivity index (χ1v) is 12.6. The van der Waals surface area contributed by atoms with E-state index in [0.29, 0.717) is 31.7 Å². The van der Waals surface area contributed by atoms with Gasteiger partial charge >= 0.3 is 0 Å². The van der Waals surface area contributed by atoms with Crippen molar-refractivity contribution in [1.29, 1.82) is 0 Å². The molecule has 0 radical (unpaired) electrons. The molecule has 2 heterocycles. The summed E-state index contributed by atoms with van der Waals surface area (Å²) in [6.45, 7) is 5.53. The Morgan fingerprint density at radius 2 is 1.62 bits per heavy atom. The van der Waals surface area contributed by atoms with Gasteiger partial charge in [0.1, 0.15) is 0 Å². The fourth-order valence-electron chi connectivity index (χ4n) is 5.22. The van der Waals surface area contributed by atoms with Crippen molar-refractivity contribution >= 4 is 22.7 Å². The monoisotopic (exact) mass is 456 g/mol. The van der Waals surface area contributed by atoms with Crippen LogP contribution in [0.15, 0.2) is 48.7 Å². The highest BCUT2D eigenvalue weighted by molar-refractivity contribution is 5.95. The predicted molar refractivity (Wildman–Crippen MR) is 132 cm³/mol. The third-order valence-corrected chi connectivity index (χ3v) is 8.13. The number of benzene rings is 2. The molecule has 6 rings (SSSR count). The lowest BCUT2D eigenvalue weighted by Crippen LogP contribution is -2.52. The van der Waals surface area contributed by atoms with Gasteiger partial charge in [-0.3, -0.25) is 14.3 Å². The minimum atomic E-state index is -0.139. The van der Waals surface area contributed by atoms with Gasteiger partial charge in [-0.05, 0) is 67.0 Å². The van der Waals surface area contributed by atoms with Crippen molar-refractivity contribution in [3.8, 4) is 11.1 Å². The van der Waals surface area contributed by atoms with Gasteiger partial charge in [0.2, 0.25) is 5.91 Å². The molecule has 2 saturated carbocycles. The zero-order valence-corrected chi connectivity index (χ0v) is 19.9. The van der Waals surface area contributed by atoms with Gasteiger partial charge in [0.05, 0.1) is 11.7 Å². The Morgan fingerprint density at radius 1 is 0.941 bits per heavy atom. The second-order valence-electron chi connectivity index (χ2n) is 10.6. The topological polar surface area (TPSA) is 58.4 Å². The largest absolute Gasteiger partial charge is 0.339 e. The smallest absolute Gasteiger partial charge is 0.253 e. The van der Waals surface area contributed by atoms with Crippen molar-refractivity contribution in [2.24, 2.45) is 11.3 Å². The van der Waals surface area contributed by atoms with Gasteiger partial charge < -0.3 is 9.80 Å². The number of hydrogen-bond donors (Lipinski definition) is 0. The summed E-state index contributed by atoms with van der Waals surface area (Å²) in [4.78, 5) is 29.4. The molecule has 3 fully saturated rings. The zero-order valence-electron chi connectivity index (χ0n) is 19.9. The van der Waals surface area contributed by atoms with E-state index in [-0.39, 0.29) is 17.2 Å². The number of carbonyl (C=O) groups excluding carboxylic acids is 2. The molecule has 6 heteroatoms. The van der Waals surface area contributed by atoms with E-state index in [2.05, 4.69) is 28.0 Å². The molecule has 34 heavy (non-hydrogen) atoms. The third kappa shape index (κ3) is 3.89. The fourth-order valence-corrected chi connectivity index (χ4v) is 5.22. The Balaban J connectivity index is 1.11. The molecule has 2 aliphatic carbocycles. The highest BCUT2D eigenvalue weighted by atomic mass is 16.2. The van der Waals surface area contributed by atoms with E-state index in [1.807, 2.05) is 47.2 Å². The van der Waals surface area contributed by atoms with Crippen LogP contribution in [0.25, 0.3) is 22.0 Å². The molecule has 0 atom stereocenters. The minimum Gasteiger partial charge on any atom is -0.339 e. The summed E-state index contributed by atoms with van der Waals surface area (Å²) in [5.41, 5.74) is 3.98. The van der Waals surface area contributed by atoms with E-state index in [1.165, 1.54) is 24.8 Å². The molecule has 3 aromatic rings. The van der Waals surface area contributed by atoms with Gasteiger partial charge in [-0.2, -0.15) is 5.10 Å². The second kappa shape index (κ2) is 8.26. The maximum absolute atomic E-state index is 13.0. The molecule has 3 aliphatic rings. The number of rotatable bonds is 5. The average Bonchev–Trinajstić information content (AvgIpc) is 3.48.